The highest BCUT2D eigenvalue weighted by molar-refractivity contribution is 6.19. The molecule has 13 heavy (non-hydrogen) atoms. The van der Waals surface area contributed by atoms with Crippen molar-refractivity contribution >= 4 is 17.5 Å². The predicted molar refractivity (Wildman–Crippen MR) is 54.9 cm³/mol. The molecule has 1 aliphatic heterocycles. The second-order valence-electron chi connectivity index (χ2n) is 4.73. The number of rotatable bonds is 2. The number of carbonyl (C=O) groups excluding carboxylic acids is 1. The number of nitrogens with zero attached hydrogens (tertiary/aromatic N) is 1. The number of alkyl halides is 1. The summed E-state index contributed by atoms with van der Waals surface area (Å²) in [5.74, 6) is 0.603. The Bertz CT molecular complexity index is 203. The van der Waals surface area contributed by atoms with Crippen LogP contribution in [-0.2, 0) is 4.79 Å². The van der Waals surface area contributed by atoms with Gasteiger partial charge in [-0.3, -0.25) is 4.79 Å². The highest BCUT2D eigenvalue weighted by atomic mass is 35.5. The Morgan fingerprint density at radius 2 is 2.23 bits per heavy atom. The minimum atomic E-state index is -0.0319. The second kappa shape index (κ2) is 3.87. The summed E-state index contributed by atoms with van der Waals surface area (Å²) >= 11 is 5.65. The van der Waals surface area contributed by atoms with Crippen molar-refractivity contribution in [2.24, 2.45) is 11.3 Å². The summed E-state index contributed by atoms with van der Waals surface area (Å²) in [5, 5.41) is 0. The van der Waals surface area contributed by atoms with Gasteiger partial charge in [-0.25, -0.2) is 0 Å². The Balaban J connectivity index is 2.51. The van der Waals surface area contributed by atoms with Gasteiger partial charge in [-0.2, -0.15) is 0 Å². The predicted octanol–water partition coefficient (Wildman–Crippen LogP) is 2.12. The number of hydrogen-bond acceptors (Lipinski definition) is 1. The molecule has 1 unspecified atom stereocenters. The van der Waals surface area contributed by atoms with Crippen LogP contribution >= 0.6 is 11.6 Å². The van der Waals surface area contributed by atoms with Crippen LogP contribution in [0.5, 0.6) is 0 Å². The Labute approximate surface area is 85.2 Å². The van der Waals surface area contributed by atoms with E-state index in [1.807, 2.05) is 11.8 Å². The minimum absolute atomic E-state index is 0.0319. The molecule has 1 rings (SSSR count). The molecule has 0 spiro atoms. The lowest BCUT2D eigenvalue weighted by Crippen LogP contribution is -2.35. The van der Waals surface area contributed by atoms with Gasteiger partial charge in [0.2, 0.25) is 5.91 Å². The normalized spacial score (nSPS) is 23.2. The van der Waals surface area contributed by atoms with Gasteiger partial charge in [0.25, 0.3) is 0 Å². The van der Waals surface area contributed by atoms with Gasteiger partial charge >= 0.3 is 0 Å². The highest BCUT2D eigenvalue weighted by Crippen LogP contribution is 2.29. The number of hydrogen-bond donors (Lipinski definition) is 0. The van der Waals surface area contributed by atoms with Gasteiger partial charge < -0.3 is 4.90 Å². The maximum Gasteiger partial charge on any atom is 0.226 e. The molecule has 0 N–H and O–H groups in total. The molecule has 0 saturated carbocycles. The maximum atomic E-state index is 11.7. The number of halogens is 1. The van der Waals surface area contributed by atoms with Crippen molar-refractivity contribution in [3.63, 3.8) is 0 Å². The Morgan fingerprint density at radius 3 is 2.62 bits per heavy atom. The first-order valence-electron chi connectivity index (χ1n) is 4.81. The molecule has 0 aromatic rings. The van der Waals surface area contributed by atoms with Gasteiger partial charge in [0.15, 0.2) is 0 Å². The molecule has 0 aliphatic carbocycles. The molecular formula is C10H18ClNO. The second-order valence-corrected chi connectivity index (χ2v) is 5.04. The van der Waals surface area contributed by atoms with E-state index in [-0.39, 0.29) is 11.8 Å². The average molecular weight is 204 g/mol. The van der Waals surface area contributed by atoms with Crippen LogP contribution in [0.15, 0.2) is 0 Å². The third-order valence-corrected chi connectivity index (χ3v) is 3.10. The van der Waals surface area contributed by atoms with Gasteiger partial charge in [0.05, 0.1) is 0 Å². The van der Waals surface area contributed by atoms with Crippen LogP contribution in [0.1, 0.15) is 27.2 Å². The summed E-state index contributed by atoms with van der Waals surface area (Å²) < 4.78 is 0. The van der Waals surface area contributed by atoms with Crippen molar-refractivity contribution in [1.82, 2.24) is 4.90 Å². The van der Waals surface area contributed by atoms with E-state index in [1.54, 1.807) is 0 Å². The number of carbonyl (C=O) groups is 1. The van der Waals surface area contributed by atoms with E-state index in [9.17, 15) is 4.79 Å². The Morgan fingerprint density at radius 1 is 1.62 bits per heavy atom. The van der Waals surface area contributed by atoms with Crippen molar-refractivity contribution in [2.75, 3.05) is 19.0 Å². The molecule has 1 heterocycles. The lowest BCUT2D eigenvalue weighted by Gasteiger charge is -2.22. The fourth-order valence-corrected chi connectivity index (χ4v) is 1.81. The first-order valence-corrected chi connectivity index (χ1v) is 5.34. The molecule has 0 radical (unpaired) electrons. The van der Waals surface area contributed by atoms with Gasteiger partial charge in [-0.05, 0) is 11.8 Å². The SMILES string of the molecule is CC(CCl)C(=O)N1CCC(C)(C)C1. The molecule has 0 bridgehead atoms. The minimum Gasteiger partial charge on any atom is -0.342 e. The summed E-state index contributed by atoms with van der Waals surface area (Å²) in [6.45, 7) is 8.07. The molecule has 2 nitrogen and oxygen atoms in total. The third-order valence-electron chi connectivity index (χ3n) is 2.64. The third kappa shape index (κ3) is 2.60. The zero-order valence-corrected chi connectivity index (χ0v) is 9.40. The zero-order chi connectivity index (χ0) is 10.1. The largest absolute Gasteiger partial charge is 0.342 e. The van der Waals surface area contributed by atoms with Crippen molar-refractivity contribution < 1.29 is 4.79 Å². The van der Waals surface area contributed by atoms with Crippen LogP contribution in [0, 0.1) is 11.3 Å². The quantitative estimate of drug-likeness (QED) is 0.630. The first-order chi connectivity index (χ1) is 5.96. The molecule has 1 fully saturated rings. The molecule has 1 saturated heterocycles. The summed E-state index contributed by atoms with van der Waals surface area (Å²) in [5.41, 5.74) is 0.293. The molecule has 1 amide bonds. The monoisotopic (exact) mass is 203 g/mol. The van der Waals surface area contributed by atoms with Gasteiger partial charge in [0, 0.05) is 24.9 Å². The maximum absolute atomic E-state index is 11.7. The molecule has 1 atom stereocenters. The van der Waals surface area contributed by atoms with Crippen LogP contribution < -0.4 is 0 Å². The lowest BCUT2D eigenvalue weighted by atomic mass is 9.93. The number of likely N-dealkylation sites (tertiary alicyclic amines) is 1. The molecule has 1 aliphatic rings. The van der Waals surface area contributed by atoms with Crippen LogP contribution in [0.2, 0.25) is 0 Å². The smallest absolute Gasteiger partial charge is 0.226 e. The van der Waals surface area contributed by atoms with Crippen LogP contribution in [0.25, 0.3) is 0 Å². The van der Waals surface area contributed by atoms with E-state index in [1.165, 1.54) is 0 Å². The summed E-state index contributed by atoms with van der Waals surface area (Å²) in [7, 11) is 0. The van der Waals surface area contributed by atoms with Crippen molar-refractivity contribution in [3.05, 3.63) is 0 Å². The summed E-state index contributed by atoms with van der Waals surface area (Å²) in [4.78, 5) is 13.6. The van der Waals surface area contributed by atoms with Crippen molar-refractivity contribution in [3.8, 4) is 0 Å². The fraction of sp³-hybridized carbons (Fsp3) is 0.900. The molecular weight excluding hydrogens is 186 g/mol. The molecule has 0 aromatic heterocycles. The van der Waals surface area contributed by atoms with Crippen molar-refractivity contribution in [2.45, 2.75) is 27.2 Å². The number of amides is 1. The highest BCUT2D eigenvalue weighted by Gasteiger charge is 2.33. The fourth-order valence-electron chi connectivity index (χ4n) is 1.68. The molecule has 76 valence electrons. The van der Waals surface area contributed by atoms with E-state index in [0.717, 1.165) is 19.5 Å². The van der Waals surface area contributed by atoms with E-state index in [0.29, 0.717) is 11.3 Å². The summed E-state index contributed by atoms with van der Waals surface area (Å²) in [6.07, 6.45) is 1.10. The zero-order valence-electron chi connectivity index (χ0n) is 8.64. The topological polar surface area (TPSA) is 20.3 Å². The van der Waals surface area contributed by atoms with E-state index >= 15 is 0 Å². The van der Waals surface area contributed by atoms with Crippen LogP contribution in [0.4, 0.5) is 0 Å². The standard InChI is InChI=1S/C10H18ClNO/c1-8(6-11)9(13)12-5-4-10(2,3)7-12/h8H,4-7H2,1-3H3. The van der Waals surface area contributed by atoms with Crippen LogP contribution in [-0.4, -0.2) is 29.8 Å². The lowest BCUT2D eigenvalue weighted by molar-refractivity contribution is -0.133. The Hall–Kier alpha value is -0.240. The average Bonchev–Trinajstić information content (AvgIpc) is 2.43. The van der Waals surface area contributed by atoms with E-state index in [4.69, 9.17) is 11.6 Å². The van der Waals surface area contributed by atoms with Gasteiger partial charge in [0.1, 0.15) is 0 Å². The van der Waals surface area contributed by atoms with Gasteiger partial charge in [-0.1, -0.05) is 20.8 Å². The van der Waals surface area contributed by atoms with E-state index in [2.05, 4.69) is 13.8 Å². The molecule has 0 aromatic carbocycles. The first kappa shape index (κ1) is 10.8. The summed E-state index contributed by atoms with van der Waals surface area (Å²) in [6, 6.07) is 0. The Kier molecular flexibility index (Phi) is 3.23. The van der Waals surface area contributed by atoms with E-state index < -0.39 is 0 Å². The van der Waals surface area contributed by atoms with Gasteiger partial charge in [-0.15, -0.1) is 11.6 Å². The van der Waals surface area contributed by atoms with Crippen LogP contribution in [0.3, 0.4) is 0 Å². The molecule has 3 heteroatoms. The van der Waals surface area contributed by atoms with Crippen molar-refractivity contribution in [1.29, 1.82) is 0 Å².